The molecule has 4 unspecified atom stereocenters. The Morgan fingerprint density at radius 1 is 1.00 bits per heavy atom. The second kappa shape index (κ2) is 9.87. The van der Waals surface area contributed by atoms with E-state index in [0.717, 1.165) is 29.6 Å². The third-order valence-electron chi connectivity index (χ3n) is 4.34. The summed E-state index contributed by atoms with van der Waals surface area (Å²) < 4.78 is 0. The molecule has 0 N–H and O–H groups in total. The summed E-state index contributed by atoms with van der Waals surface area (Å²) in [5, 5.41) is 0. The molecule has 0 heterocycles. The van der Waals surface area contributed by atoms with Gasteiger partial charge in [0.1, 0.15) is 0 Å². The fourth-order valence-electron chi connectivity index (χ4n) is 3.26. The van der Waals surface area contributed by atoms with E-state index in [4.69, 9.17) is 0 Å². The summed E-state index contributed by atoms with van der Waals surface area (Å²) in [6.07, 6.45) is 8.72. The van der Waals surface area contributed by atoms with Gasteiger partial charge in [0, 0.05) is 0 Å². The summed E-state index contributed by atoms with van der Waals surface area (Å²) in [4.78, 5) is 0. The molecule has 0 bridgehead atoms. The van der Waals surface area contributed by atoms with Crippen LogP contribution in [0.2, 0.25) is 0 Å². The summed E-state index contributed by atoms with van der Waals surface area (Å²) >= 11 is 0. The molecule has 1 fully saturated rings. The molecular weight excluding hydrogens is 216 g/mol. The molecule has 0 spiro atoms. The molecule has 0 heteroatoms. The molecule has 1 aliphatic rings. The molecule has 110 valence electrons. The number of hydrogen-bond acceptors (Lipinski definition) is 0. The van der Waals surface area contributed by atoms with Crippen molar-refractivity contribution in [2.24, 2.45) is 29.6 Å². The molecule has 4 atom stereocenters. The number of rotatable bonds is 5. The fraction of sp³-hybridized carbons (Fsp3) is 1.00. The van der Waals surface area contributed by atoms with Crippen molar-refractivity contribution in [3.63, 3.8) is 0 Å². The Morgan fingerprint density at radius 2 is 1.56 bits per heavy atom. The lowest BCUT2D eigenvalue weighted by molar-refractivity contribution is 0.216. The van der Waals surface area contributed by atoms with Crippen LogP contribution in [-0.2, 0) is 0 Å². The van der Waals surface area contributed by atoms with Crippen LogP contribution in [0.4, 0.5) is 0 Å². The van der Waals surface area contributed by atoms with Crippen molar-refractivity contribution in [2.75, 3.05) is 0 Å². The summed E-state index contributed by atoms with van der Waals surface area (Å²) in [7, 11) is 0. The van der Waals surface area contributed by atoms with Crippen molar-refractivity contribution in [1.29, 1.82) is 0 Å². The average Bonchev–Trinajstić information content (AvgIpc) is 2.70. The minimum atomic E-state index is 0.833. The summed E-state index contributed by atoms with van der Waals surface area (Å²) in [6, 6.07) is 0. The van der Waals surface area contributed by atoms with Crippen molar-refractivity contribution in [3.05, 3.63) is 0 Å². The van der Waals surface area contributed by atoms with E-state index >= 15 is 0 Å². The molecule has 0 aliphatic heterocycles. The first-order chi connectivity index (χ1) is 8.42. The zero-order valence-electron chi connectivity index (χ0n) is 14.1. The zero-order valence-corrected chi connectivity index (χ0v) is 14.1. The quantitative estimate of drug-likeness (QED) is 0.522. The lowest BCUT2D eigenvalue weighted by atomic mass is 9.77. The number of hydrogen-bond donors (Lipinski definition) is 0. The predicted molar refractivity (Wildman–Crippen MR) is 84.9 cm³/mol. The average molecular weight is 255 g/mol. The first-order valence-electron chi connectivity index (χ1n) is 8.42. The molecule has 0 aromatic rings. The highest BCUT2D eigenvalue weighted by Gasteiger charge is 2.30. The van der Waals surface area contributed by atoms with Crippen molar-refractivity contribution in [3.8, 4) is 0 Å². The van der Waals surface area contributed by atoms with Crippen LogP contribution in [0.3, 0.4) is 0 Å². The van der Waals surface area contributed by atoms with Gasteiger partial charge in [-0.05, 0) is 42.4 Å². The molecule has 0 aromatic heterocycles. The maximum atomic E-state index is 2.46. The molecule has 0 nitrogen and oxygen atoms in total. The first kappa shape index (κ1) is 18.0. The molecular formula is C18H38. The van der Waals surface area contributed by atoms with Gasteiger partial charge in [-0.25, -0.2) is 0 Å². The van der Waals surface area contributed by atoms with Crippen molar-refractivity contribution in [2.45, 2.75) is 87.0 Å². The standard InChI is InChI=1S/C14H28.C4H10/c1-5-7-14(12(4)6-2)13-9-8-11(3)10-13;1-4(2)3/h11-14H,5-10H2,1-4H3;4H,1-3H3. The van der Waals surface area contributed by atoms with E-state index < -0.39 is 0 Å². The highest BCUT2D eigenvalue weighted by atomic mass is 14.4. The fourth-order valence-corrected chi connectivity index (χ4v) is 3.26. The van der Waals surface area contributed by atoms with Gasteiger partial charge in [-0.15, -0.1) is 0 Å². The summed E-state index contributed by atoms with van der Waals surface area (Å²) in [6.45, 7) is 16.1. The lowest BCUT2D eigenvalue weighted by Gasteiger charge is -2.28. The van der Waals surface area contributed by atoms with E-state index in [2.05, 4.69) is 48.5 Å². The maximum Gasteiger partial charge on any atom is -0.0360 e. The SMILES string of the molecule is CC(C)C.CCCC(C(C)CC)C1CCC(C)C1. The Kier molecular flexibility index (Phi) is 9.87. The Morgan fingerprint density at radius 3 is 1.89 bits per heavy atom. The summed E-state index contributed by atoms with van der Waals surface area (Å²) in [5.74, 6) is 4.86. The van der Waals surface area contributed by atoms with Crippen LogP contribution in [-0.4, -0.2) is 0 Å². The van der Waals surface area contributed by atoms with Crippen LogP contribution in [0, 0.1) is 29.6 Å². The third kappa shape index (κ3) is 7.44. The van der Waals surface area contributed by atoms with Gasteiger partial charge in [-0.2, -0.15) is 0 Å². The molecule has 1 aliphatic carbocycles. The van der Waals surface area contributed by atoms with Gasteiger partial charge in [0.05, 0.1) is 0 Å². The minimum Gasteiger partial charge on any atom is -0.0654 e. The lowest BCUT2D eigenvalue weighted by Crippen LogP contribution is -2.19. The molecule has 0 saturated heterocycles. The normalized spacial score (nSPS) is 26.7. The highest BCUT2D eigenvalue weighted by molar-refractivity contribution is 4.81. The van der Waals surface area contributed by atoms with Crippen molar-refractivity contribution in [1.82, 2.24) is 0 Å². The second-order valence-electron chi connectivity index (χ2n) is 7.25. The van der Waals surface area contributed by atoms with E-state index in [1.54, 1.807) is 0 Å². The van der Waals surface area contributed by atoms with Crippen LogP contribution >= 0.6 is 0 Å². The largest absolute Gasteiger partial charge is 0.0654 e. The molecule has 0 aromatic carbocycles. The Balaban J connectivity index is 0.000000631. The highest BCUT2D eigenvalue weighted by Crippen LogP contribution is 2.41. The van der Waals surface area contributed by atoms with E-state index in [-0.39, 0.29) is 0 Å². The van der Waals surface area contributed by atoms with Crippen molar-refractivity contribution < 1.29 is 0 Å². The van der Waals surface area contributed by atoms with Crippen LogP contribution in [0.25, 0.3) is 0 Å². The van der Waals surface area contributed by atoms with Gasteiger partial charge in [0.15, 0.2) is 0 Å². The Bertz CT molecular complexity index is 180. The summed E-state index contributed by atoms with van der Waals surface area (Å²) in [5.41, 5.74) is 0. The van der Waals surface area contributed by atoms with Crippen LogP contribution in [0.15, 0.2) is 0 Å². The Labute approximate surface area is 117 Å². The predicted octanol–water partition coefficient (Wildman–Crippen LogP) is 6.55. The van der Waals surface area contributed by atoms with Crippen LogP contribution in [0.1, 0.15) is 87.0 Å². The minimum absolute atomic E-state index is 0.833. The van der Waals surface area contributed by atoms with Gasteiger partial charge < -0.3 is 0 Å². The van der Waals surface area contributed by atoms with E-state index in [1.165, 1.54) is 38.5 Å². The van der Waals surface area contributed by atoms with Crippen LogP contribution < -0.4 is 0 Å². The molecule has 1 saturated carbocycles. The smallest absolute Gasteiger partial charge is 0.0360 e. The Hall–Kier alpha value is 0. The van der Waals surface area contributed by atoms with Gasteiger partial charge in [0.2, 0.25) is 0 Å². The first-order valence-corrected chi connectivity index (χ1v) is 8.42. The second-order valence-corrected chi connectivity index (χ2v) is 7.25. The van der Waals surface area contributed by atoms with Gasteiger partial charge in [-0.1, -0.05) is 74.1 Å². The third-order valence-corrected chi connectivity index (χ3v) is 4.34. The van der Waals surface area contributed by atoms with Crippen molar-refractivity contribution >= 4 is 0 Å². The molecule has 18 heavy (non-hydrogen) atoms. The molecule has 0 amide bonds. The monoisotopic (exact) mass is 254 g/mol. The van der Waals surface area contributed by atoms with E-state index in [1.807, 2.05) is 0 Å². The van der Waals surface area contributed by atoms with Gasteiger partial charge >= 0.3 is 0 Å². The van der Waals surface area contributed by atoms with Gasteiger partial charge in [0.25, 0.3) is 0 Å². The van der Waals surface area contributed by atoms with E-state index in [0.29, 0.717) is 0 Å². The topological polar surface area (TPSA) is 0 Å². The maximum absolute atomic E-state index is 2.46. The van der Waals surface area contributed by atoms with Gasteiger partial charge in [-0.3, -0.25) is 0 Å². The molecule has 0 radical (unpaired) electrons. The van der Waals surface area contributed by atoms with Crippen LogP contribution in [0.5, 0.6) is 0 Å². The van der Waals surface area contributed by atoms with E-state index in [9.17, 15) is 0 Å². The molecule has 1 rings (SSSR count). The zero-order chi connectivity index (χ0) is 14.1.